The molecule has 1 heterocycles. The van der Waals surface area contributed by atoms with Crippen LogP contribution in [-0.4, -0.2) is 19.9 Å². The lowest BCUT2D eigenvalue weighted by molar-refractivity contribution is 0.586. The second-order valence-electron chi connectivity index (χ2n) is 3.33. The Balaban J connectivity index is 2.76. The Hall–Kier alpha value is -0.660. The van der Waals surface area contributed by atoms with E-state index in [-0.39, 0.29) is 0 Å². The average Bonchev–Trinajstić information content (AvgIpc) is 2.20. The van der Waals surface area contributed by atoms with Crippen molar-refractivity contribution in [2.24, 2.45) is 0 Å². The number of nitrogens with one attached hydrogen (secondary N) is 2. The first kappa shape index (κ1) is 13.4. The van der Waals surface area contributed by atoms with E-state index < -0.39 is 10.2 Å². The number of nitrogens with zero attached hydrogens (tertiary/aromatic N) is 1. The molecule has 1 aromatic heterocycles. The standard InChI is InChI=1S/C9H14BrN3O2S/c1-3-4-12-16(14,15)13-8-5-7(2)9(10)11-6-8/h5-6,12-13H,3-4H2,1-2H3. The lowest BCUT2D eigenvalue weighted by atomic mass is 10.3. The smallest absolute Gasteiger partial charge is 0.270 e. The summed E-state index contributed by atoms with van der Waals surface area (Å²) in [6, 6.07) is 1.71. The minimum Gasteiger partial charge on any atom is -0.270 e. The lowest BCUT2D eigenvalue weighted by Crippen LogP contribution is -2.30. The Morgan fingerprint density at radius 1 is 1.50 bits per heavy atom. The van der Waals surface area contributed by atoms with Gasteiger partial charge in [-0.2, -0.15) is 13.1 Å². The van der Waals surface area contributed by atoms with Gasteiger partial charge in [-0.25, -0.2) is 4.98 Å². The van der Waals surface area contributed by atoms with Crippen molar-refractivity contribution < 1.29 is 8.42 Å². The van der Waals surface area contributed by atoms with E-state index in [9.17, 15) is 8.42 Å². The number of aromatic nitrogens is 1. The van der Waals surface area contributed by atoms with Gasteiger partial charge in [-0.15, -0.1) is 0 Å². The van der Waals surface area contributed by atoms with Crippen LogP contribution in [0.3, 0.4) is 0 Å². The maximum atomic E-state index is 11.5. The van der Waals surface area contributed by atoms with Crippen molar-refractivity contribution in [2.45, 2.75) is 20.3 Å². The zero-order valence-corrected chi connectivity index (χ0v) is 11.5. The first-order valence-corrected chi connectivity index (χ1v) is 7.12. The molecular weight excluding hydrogens is 294 g/mol. The van der Waals surface area contributed by atoms with Crippen LogP contribution in [0.4, 0.5) is 5.69 Å². The summed E-state index contributed by atoms with van der Waals surface area (Å²) < 4.78 is 28.5. The fourth-order valence-electron chi connectivity index (χ4n) is 1.04. The zero-order chi connectivity index (χ0) is 12.2. The highest BCUT2D eigenvalue weighted by Gasteiger charge is 2.09. The van der Waals surface area contributed by atoms with Gasteiger partial charge < -0.3 is 0 Å². The van der Waals surface area contributed by atoms with Crippen LogP contribution in [0.15, 0.2) is 16.9 Å². The third-order valence-corrected chi connectivity index (χ3v) is 3.73. The normalized spacial score (nSPS) is 11.4. The van der Waals surface area contributed by atoms with Crippen molar-refractivity contribution in [2.75, 3.05) is 11.3 Å². The molecule has 0 spiro atoms. The summed E-state index contributed by atoms with van der Waals surface area (Å²) >= 11 is 3.25. The Bertz CT molecular complexity index is 462. The molecule has 5 nitrogen and oxygen atoms in total. The minimum absolute atomic E-state index is 0.415. The minimum atomic E-state index is -3.48. The Morgan fingerprint density at radius 3 is 2.75 bits per heavy atom. The van der Waals surface area contributed by atoms with Crippen LogP contribution in [0.1, 0.15) is 18.9 Å². The van der Waals surface area contributed by atoms with Crippen molar-refractivity contribution in [1.29, 1.82) is 0 Å². The molecule has 1 rings (SSSR count). The zero-order valence-electron chi connectivity index (χ0n) is 9.12. The summed E-state index contributed by atoms with van der Waals surface area (Å²) in [5.74, 6) is 0. The van der Waals surface area contributed by atoms with Crippen molar-refractivity contribution in [3.8, 4) is 0 Å². The fraction of sp³-hybridized carbons (Fsp3) is 0.444. The fourth-order valence-corrected chi connectivity index (χ4v) is 2.23. The van der Waals surface area contributed by atoms with Crippen LogP contribution >= 0.6 is 15.9 Å². The summed E-state index contributed by atoms with van der Waals surface area (Å²) in [4.78, 5) is 4.01. The van der Waals surface area contributed by atoms with E-state index in [1.807, 2.05) is 13.8 Å². The van der Waals surface area contributed by atoms with Crippen molar-refractivity contribution in [3.63, 3.8) is 0 Å². The van der Waals surface area contributed by atoms with E-state index in [0.29, 0.717) is 16.8 Å². The molecule has 0 aliphatic carbocycles. The molecule has 0 saturated carbocycles. The highest BCUT2D eigenvalue weighted by atomic mass is 79.9. The summed E-state index contributed by atoms with van der Waals surface area (Å²) in [5.41, 5.74) is 1.32. The number of aryl methyl sites for hydroxylation is 1. The molecule has 0 bridgehead atoms. The van der Waals surface area contributed by atoms with Gasteiger partial charge in [0.1, 0.15) is 4.60 Å². The molecular formula is C9H14BrN3O2S. The van der Waals surface area contributed by atoms with E-state index in [1.54, 1.807) is 6.07 Å². The van der Waals surface area contributed by atoms with E-state index in [4.69, 9.17) is 0 Å². The first-order chi connectivity index (χ1) is 7.44. The quantitative estimate of drug-likeness (QED) is 0.815. The molecule has 0 fully saturated rings. The van der Waals surface area contributed by atoms with E-state index in [0.717, 1.165) is 12.0 Å². The predicted octanol–water partition coefficient (Wildman–Crippen LogP) is 1.81. The van der Waals surface area contributed by atoms with E-state index in [2.05, 4.69) is 30.4 Å². The van der Waals surface area contributed by atoms with Crippen molar-refractivity contribution >= 4 is 31.8 Å². The third-order valence-electron chi connectivity index (χ3n) is 1.81. The van der Waals surface area contributed by atoms with Crippen LogP contribution in [0.25, 0.3) is 0 Å². The number of anilines is 1. The molecule has 0 aliphatic rings. The monoisotopic (exact) mass is 307 g/mol. The molecule has 0 radical (unpaired) electrons. The average molecular weight is 308 g/mol. The molecule has 90 valence electrons. The highest BCUT2D eigenvalue weighted by molar-refractivity contribution is 9.10. The Morgan fingerprint density at radius 2 is 2.19 bits per heavy atom. The van der Waals surface area contributed by atoms with Gasteiger partial charge in [0.2, 0.25) is 0 Å². The van der Waals surface area contributed by atoms with Crippen LogP contribution in [-0.2, 0) is 10.2 Å². The summed E-state index contributed by atoms with van der Waals surface area (Å²) in [6.45, 7) is 4.15. The van der Waals surface area contributed by atoms with Gasteiger partial charge in [0.15, 0.2) is 0 Å². The van der Waals surface area contributed by atoms with Crippen LogP contribution in [0.5, 0.6) is 0 Å². The molecule has 0 atom stereocenters. The summed E-state index contributed by atoms with van der Waals surface area (Å²) in [6.07, 6.45) is 2.21. The van der Waals surface area contributed by atoms with Crippen LogP contribution in [0, 0.1) is 6.92 Å². The maximum Gasteiger partial charge on any atom is 0.299 e. The first-order valence-electron chi connectivity index (χ1n) is 4.84. The molecule has 1 aromatic rings. The SMILES string of the molecule is CCCNS(=O)(=O)Nc1cnc(Br)c(C)c1. The van der Waals surface area contributed by atoms with Gasteiger partial charge in [-0.05, 0) is 40.9 Å². The topological polar surface area (TPSA) is 71.1 Å². The summed E-state index contributed by atoms with van der Waals surface area (Å²) in [5, 5.41) is 0. The van der Waals surface area contributed by atoms with Gasteiger partial charge in [0.25, 0.3) is 10.2 Å². The largest absolute Gasteiger partial charge is 0.299 e. The van der Waals surface area contributed by atoms with Gasteiger partial charge in [0, 0.05) is 6.54 Å². The predicted molar refractivity (Wildman–Crippen MR) is 67.5 cm³/mol. The van der Waals surface area contributed by atoms with Crippen molar-refractivity contribution in [3.05, 3.63) is 22.4 Å². The second kappa shape index (κ2) is 5.60. The molecule has 0 aliphatic heterocycles. The number of pyridine rings is 1. The highest BCUT2D eigenvalue weighted by Crippen LogP contribution is 2.17. The number of rotatable bonds is 5. The molecule has 0 saturated heterocycles. The maximum absolute atomic E-state index is 11.5. The molecule has 7 heteroatoms. The summed E-state index contributed by atoms with van der Waals surface area (Å²) in [7, 11) is -3.48. The number of halogens is 1. The number of hydrogen-bond donors (Lipinski definition) is 2. The van der Waals surface area contributed by atoms with Crippen LogP contribution in [0.2, 0.25) is 0 Å². The van der Waals surface area contributed by atoms with Gasteiger partial charge in [-0.1, -0.05) is 6.92 Å². The molecule has 0 unspecified atom stereocenters. The van der Waals surface area contributed by atoms with E-state index >= 15 is 0 Å². The van der Waals surface area contributed by atoms with Gasteiger partial charge in [-0.3, -0.25) is 4.72 Å². The van der Waals surface area contributed by atoms with Gasteiger partial charge in [0.05, 0.1) is 11.9 Å². The lowest BCUT2D eigenvalue weighted by Gasteiger charge is -2.09. The molecule has 0 aromatic carbocycles. The molecule has 0 amide bonds. The Labute approximate surface area is 104 Å². The van der Waals surface area contributed by atoms with Gasteiger partial charge >= 0.3 is 0 Å². The number of hydrogen-bond acceptors (Lipinski definition) is 3. The third kappa shape index (κ3) is 4.07. The second-order valence-corrected chi connectivity index (χ2v) is 5.58. The molecule has 16 heavy (non-hydrogen) atoms. The van der Waals surface area contributed by atoms with E-state index in [1.165, 1.54) is 6.20 Å². The van der Waals surface area contributed by atoms with Crippen molar-refractivity contribution in [1.82, 2.24) is 9.71 Å². The van der Waals surface area contributed by atoms with Crippen LogP contribution < -0.4 is 9.44 Å². The Kier molecular flexibility index (Phi) is 4.69. The molecule has 2 N–H and O–H groups in total.